The van der Waals surface area contributed by atoms with Gasteiger partial charge in [0.2, 0.25) is 0 Å². The van der Waals surface area contributed by atoms with Crippen LogP contribution in [-0.2, 0) is 0 Å². The lowest BCUT2D eigenvalue weighted by Crippen LogP contribution is -2.54. The van der Waals surface area contributed by atoms with Crippen molar-refractivity contribution in [2.24, 2.45) is 0 Å². The molecule has 0 aliphatic carbocycles. The summed E-state index contributed by atoms with van der Waals surface area (Å²) >= 11 is 61.8. The first-order valence-electron chi connectivity index (χ1n) is 4.57. The SMILES string of the molecule is Cl[Si](Cl)(Cl)C1C[Si](Cl)(Cl)C([Si](Cl)(Cl)Cl)C[Si]1(Cl)Cl. The fourth-order valence-electron chi connectivity index (χ4n) is 1.84. The average molecular weight is 521 g/mol. The molecule has 108 valence electrons. The first kappa shape index (κ1) is 19.8. The second-order valence-electron chi connectivity index (χ2n) is 4.12. The van der Waals surface area contributed by atoms with E-state index in [-0.39, 0.29) is 12.1 Å². The first-order valence-corrected chi connectivity index (χ1v) is 23.4. The molecule has 2 unspecified atom stereocenters. The monoisotopic (exact) mass is 516 g/mol. The molecule has 1 fully saturated rings. The van der Waals surface area contributed by atoms with Crippen molar-refractivity contribution in [2.75, 3.05) is 0 Å². The molecule has 2 atom stereocenters. The maximum atomic E-state index is 6.39. The lowest BCUT2D eigenvalue weighted by molar-refractivity contribution is 1.09. The van der Waals surface area contributed by atoms with Gasteiger partial charge in [-0.15, -0.1) is 111 Å². The molecule has 0 N–H and O–H groups in total. The molecule has 14 heteroatoms. The normalized spacial score (nSPS) is 32.3. The van der Waals surface area contributed by atoms with Crippen molar-refractivity contribution in [3.05, 3.63) is 0 Å². The Morgan fingerprint density at radius 3 is 1.00 bits per heavy atom. The van der Waals surface area contributed by atoms with E-state index in [4.69, 9.17) is 111 Å². The Balaban J connectivity index is 3.11. The van der Waals surface area contributed by atoms with Crippen molar-refractivity contribution in [1.82, 2.24) is 0 Å². The van der Waals surface area contributed by atoms with Crippen LogP contribution in [0.2, 0.25) is 22.4 Å². The molecule has 0 spiro atoms. The smallest absolute Gasteiger partial charge is 0.146 e. The molecular weight excluding hydrogens is 515 g/mol. The van der Waals surface area contributed by atoms with Crippen LogP contribution in [-0.4, -0.2) is 25.4 Å². The standard InChI is InChI=1S/C4H6Cl10Si4/c5-15(6)1-3(17(9,10)11)16(7,8)2-4(15)18(12,13)14/h3-4H,1-2H2. The zero-order valence-corrected chi connectivity index (χ0v) is 19.9. The van der Waals surface area contributed by atoms with Crippen LogP contribution in [0.5, 0.6) is 0 Å². The van der Waals surface area contributed by atoms with Gasteiger partial charge >= 0.3 is 12.0 Å². The fraction of sp³-hybridized carbons (Fsp3) is 1.00. The maximum Gasteiger partial charge on any atom is 0.343 e. The van der Waals surface area contributed by atoms with Crippen molar-refractivity contribution in [2.45, 2.75) is 22.4 Å². The molecule has 1 aliphatic rings. The Labute approximate surface area is 156 Å². The molecule has 0 amide bonds. The zero-order valence-electron chi connectivity index (χ0n) is 8.35. The molecule has 1 rings (SSSR count). The summed E-state index contributed by atoms with van der Waals surface area (Å²) in [6.45, 7) is -5.72. The molecule has 0 aromatic carbocycles. The summed E-state index contributed by atoms with van der Waals surface area (Å²) in [5.41, 5.74) is 0. The van der Waals surface area contributed by atoms with E-state index in [9.17, 15) is 0 Å². The Hall–Kier alpha value is 3.77. The highest BCUT2D eigenvalue weighted by Crippen LogP contribution is 2.63. The van der Waals surface area contributed by atoms with Crippen molar-refractivity contribution >= 4 is 136 Å². The van der Waals surface area contributed by atoms with Gasteiger partial charge in [0.1, 0.15) is 0 Å². The third kappa shape index (κ3) is 4.88. The quantitative estimate of drug-likeness (QED) is 0.272. The highest BCUT2D eigenvalue weighted by atomic mass is 35.8. The largest absolute Gasteiger partial charge is 0.343 e. The van der Waals surface area contributed by atoms with Gasteiger partial charge in [0.15, 0.2) is 0 Å². The van der Waals surface area contributed by atoms with E-state index >= 15 is 0 Å². The van der Waals surface area contributed by atoms with E-state index < -0.39 is 35.7 Å². The Bertz CT molecular complexity index is 287. The van der Waals surface area contributed by atoms with Crippen molar-refractivity contribution in [3.8, 4) is 0 Å². The average Bonchev–Trinajstić information content (AvgIpc) is 2.05. The lowest BCUT2D eigenvalue weighted by atomic mass is 10.9. The molecule has 0 bridgehead atoms. The maximum absolute atomic E-state index is 6.39. The highest BCUT2D eigenvalue weighted by molar-refractivity contribution is 7.73. The van der Waals surface area contributed by atoms with Crippen molar-refractivity contribution < 1.29 is 0 Å². The number of hydrogen-bond donors (Lipinski definition) is 0. The Kier molecular flexibility index (Phi) is 6.98. The molecule has 0 nitrogen and oxygen atoms in total. The number of halogens is 10. The van der Waals surface area contributed by atoms with E-state index in [1.807, 2.05) is 0 Å². The molecule has 1 saturated heterocycles. The molecule has 0 radical (unpaired) electrons. The van der Waals surface area contributed by atoms with Gasteiger partial charge in [-0.05, 0) is 12.1 Å². The van der Waals surface area contributed by atoms with Crippen molar-refractivity contribution in [3.63, 3.8) is 0 Å². The van der Waals surface area contributed by atoms with Crippen LogP contribution in [0, 0.1) is 0 Å². The summed E-state index contributed by atoms with van der Waals surface area (Å²) in [6.07, 6.45) is 0. The molecule has 0 saturated carbocycles. The van der Waals surface area contributed by atoms with Gasteiger partial charge in [-0.2, -0.15) is 0 Å². The summed E-state index contributed by atoms with van der Waals surface area (Å²) in [5.74, 6) is 0. The van der Waals surface area contributed by atoms with Crippen molar-refractivity contribution in [1.29, 1.82) is 0 Å². The zero-order chi connectivity index (χ0) is 14.6. The number of hydrogen-bond acceptors (Lipinski definition) is 0. The first-order chi connectivity index (χ1) is 7.68. The molecule has 1 heterocycles. The topological polar surface area (TPSA) is 0 Å². The molecule has 18 heavy (non-hydrogen) atoms. The minimum absolute atomic E-state index is 0.281. The van der Waals surface area contributed by atoms with Crippen LogP contribution in [0.3, 0.4) is 0 Å². The van der Waals surface area contributed by atoms with Gasteiger partial charge in [-0.3, -0.25) is 0 Å². The summed E-state index contributed by atoms with van der Waals surface area (Å²) in [7, 11) is 0. The van der Waals surface area contributed by atoms with Crippen LogP contribution < -0.4 is 0 Å². The van der Waals surface area contributed by atoms with Crippen LogP contribution in [0.1, 0.15) is 0 Å². The van der Waals surface area contributed by atoms with E-state index in [1.165, 1.54) is 0 Å². The fourth-order valence-corrected chi connectivity index (χ4v) is 50.0. The van der Waals surface area contributed by atoms with Gasteiger partial charge in [0, 0.05) is 10.3 Å². The van der Waals surface area contributed by atoms with Gasteiger partial charge in [-0.1, -0.05) is 0 Å². The summed E-state index contributed by atoms with van der Waals surface area (Å²) < 4.78 is 0. The van der Waals surface area contributed by atoms with Crippen LogP contribution in [0.4, 0.5) is 0 Å². The Morgan fingerprint density at radius 2 is 0.833 bits per heavy atom. The lowest BCUT2D eigenvalue weighted by Gasteiger charge is -2.45. The van der Waals surface area contributed by atoms with E-state index in [0.29, 0.717) is 0 Å². The molecule has 0 aromatic rings. The highest BCUT2D eigenvalue weighted by Gasteiger charge is 2.66. The third-order valence-corrected chi connectivity index (χ3v) is 31.5. The third-order valence-electron chi connectivity index (χ3n) is 2.76. The summed E-state index contributed by atoms with van der Waals surface area (Å²) in [5, 5.41) is -0.866. The van der Waals surface area contributed by atoms with Crippen LogP contribution in [0.15, 0.2) is 0 Å². The van der Waals surface area contributed by atoms with E-state index in [1.54, 1.807) is 0 Å². The van der Waals surface area contributed by atoms with Gasteiger partial charge in [0.05, 0.1) is 0 Å². The Morgan fingerprint density at radius 1 is 0.611 bits per heavy atom. The second kappa shape index (κ2) is 6.34. The molecule has 0 aromatic heterocycles. The van der Waals surface area contributed by atoms with Gasteiger partial charge < -0.3 is 0 Å². The van der Waals surface area contributed by atoms with Gasteiger partial charge in [0.25, 0.3) is 13.4 Å². The molecular formula is C4H6Cl10Si4. The predicted molar refractivity (Wildman–Crippen MR) is 98.7 cm³/mol. The number of rotatable bonds is 2. The predicted octanol–water partition coefficient (Wildman–Crippen LogP) is 6.97. The van der Waals surface area contributed by atoms with Gasteiger partial charge in [-0.25, -0.2) is 0 Å². The van der Waals surface area contributed by atoms with E-state index in [2.05, 4.69) is 0 Å². The van der Waals surface area contributed by atoms with Crippen LogP contribution >= 0.6 is 111 Å². The van der Waals surface area contributed by atoms with E-state index in [0.717, 1.165) is 0 Å². The molecule has 1 aliphatic heterocycles. The second-order valence-corrected chi connectivity index (χ2v) is 37.6. The van der Waals surface area contributed by atoms with Crippen LogP contribution in [0.25, 0.3) is 0 Å². The summed E-state index contributed by atoms with van der Waals surface area (Å²) in [4.78, 5) is 0. The summed E-state index contributed by atoms with van der Waals surface area (Å²) in [6, 6.07) is -5.64. The minimum atomic E-state index is -3.10. The minimum Gasteiger partial charge on any atom is -0.146 e.